The van der Waals surface area contributed by atoms with Crippen LogP contribution in [0.1, 0.15) is 38.5 Å². The number of amides is 1. The maximum absolute atomic E-state index is 11.5. The number of hydrogen-bond donors (Lipinski definition) is 2. The summed E-state index contributed by atoms with van der Waals surface area (Å²) in [6.45, 7) is 1.85. The molecule has 1 saturated carbocycles. The van der Waals surface area contributed by atoms with Gasteiger partial charge in [0.05, 0.1) is 0 Å². The lowest BCUT2D eigenvalue weighted by Gasteiger charge is -2.23. The number of carbonyl (C=O) groups excluding carboxylic acids is 1. The fourth-order valence-corrected chi connectivity index (χ4v) is 2.34. The molecule has 86 valence electrons. The number of ether oxygens (including phenoxy) is 1. The van der Waals surface area contributed by atoms with Crippen LogP contribution in [0.2, 0.25) is 0 Å². The van der Waals surface area contributed by atoms with Crippen LogP contribution in [0, 0.1) is 0 Å². The van der Waals surface area contributed by atoms with Gasteiger partial charge in [-0.2, -0.15) is 0 Å². The molecular weight excluding hydrogens is 192 g/mol. The second-order valence-corrected chi connectivity index (χ2v) is 4.50. The minimum absolute atomic E-state index is 0.0696. The summed E-state index contributed by atoms with van der Waals surface area (Å²) in [5, 5.41) is 6.17. The molecular formula is C11H20N2O2. The Balaban J connectivity index is 1.66. The van der Waals surface area contributed by atoms with Crippen LogP contribution in [-0.2, 0) is 4.74 Å². The summed E-state index contributed by atoms with van der Waals surface area (Å²) in [4.78, 5) is 11.5. The zero-order chi connectivity index (χ0) is 10.5. The molecule has 15 heavy (non-hydrogen) atoms. The van der Waals surface area contributed by atoms with Gasteiger partial charge in [-0.15, -0.1) is 0 Å². The molecule has 2 N–H and O–H groups in total. The van der Waals surface area contributed by atoms with Crippen LogP contribution in [0.3, 0.4) is 0 Å². The molecule has 0 spiro atoms. The Morgan fingerprint density at radius 2 is 2.00 bits per heavy atom. The predicted molar refractivity (Wildman–Crippen MR) is 57.8 cm³/mol. The summed E-state index contributed by atoms with van der Waals surface area (Å²) >= 11 is 0. The summed E-state index contributed by atoms with van der Waals surface area (Å²) in [7, 11) is 0. The van der Waals surface area contributed by atoms with Crippen molar-refractivity contribution in [3.05, 3.63) is 0 Å². The Morgan fingerprint density at radius 3 is 2.67 bits per heavy atom. The van der Waals surface area contributed by atoms with Crippen molar-refractivity contribution < 1.29 is 9.53 Å². The van der Waals surface area contributed by atoms with Crippen molar-refractivity contribution in [3.8, 4) is 0 Å². The maximum atomic E-state index is 11.5. The Kier molecular flexibility index (Phi) is 3.83. The van der Waals surface area contributed by atoms with E-state index in [0.29, 0.717) is 6.04 Å². The average Bonchev–Trinajstić information content (AvgIpc) is 2.71. The van der Waals surface area contributed by atoms with Gasteiger partial charge in [0.25, 0.3) is 0 Å². The van der Waals surface area contributed by atoms with E-state index >= 15 is 0 Å². The molecule has 2 fully saturated rings. The van der Waals surface area contributed by atoms with Crippen LogP contribution in [0.25, 0.3) is 0 Å². The molecule has 0 radical (unpaired) electrons. The summed E-state index contributed by atoms with van der Waals surface area (Å²) in [5.74, 6) is 0. The molecule has 0 unspecified atom stereocenters. The number of hydrogen-bond acceptors (Lipinski definition) is 3. The molecule has 1 aliphatic carbocycles. The molecule has 4 heteroatoms. The Hall–Kier alpha value is -0.770. The second-order valence-electron chi connectivity index (χ2n) is 4.50. The third-order valence-corrected chi connectivity index (χ3v) is 3.20. The van der Waals surface area contributed by atoms with Crippen LogP contribution >= 0.6 is 0 Å². The molecule has 0 aromatic rings. The molecule has 1 aliphatic heterocycles. The highest BCUT2D eigenvalue weighted by Crippen LogP contribution is 2.18. The van der Waals surface area contributed by atoms with E-state index in [4.69, 9.17) is 4.74 Å². The van der Waals surface area contributed by atoms with Gasteiger partial charge in [0.15, 0.2) is 0 Å². The van der Waals surface area contributed by atoms with Gasteiger partial charge in [0, 0.05) is 12.6 Å². The van der Waals surface area contributed by atoms with Gasteiger partial charge < -0.3 is 15.4 Å². The van der Waals surface area contributed by atoms with Crippen molar-refractivity contribution in [2.24, 2.45) is 0 Å². The predicted octanol–water partition coefficient (Wildman–Crippen LogP) is 1.41. The van der Waals surface area contributed by atoms with Crippen molar-refractivity contribution in [3.63, 3.8) is 0 Å². The van der Waals surface area contributed by atoms with E-state index in [2.05, 4.69) is 10.6 Å². The smallest absolute Gasteiger partial charge is 0.407 e. The van der Waals surface area contributed by atoms with Gasteiger partial charge >= 0.3 is 6.09 Å². The van der Waals surface area contributed by atoms with Crippen LogP contribution in [0.5, 0.6) is 0 Å². The molecule has 4 nitrogen and oxygen atoms in total. The second kappa shape index (κ2) is 5.35. The monoisotopic (exact) mass is 212 g/mol. The quantitative estimate of drug-likeness (QED) is 0.727. The fraction of sp³-hybridized carbons (Fsp3) is 0.909. The summed E-state index contributed by atoms with van der Waals surface area (Å²) in [6, 6.07) is 0.356. The van der Waals surface area contributed by atoms with E-state index in [-0.39, 0.29) is 12.2 Å². The van der Waals surface area contributed by atoms with Gasteiger partial charge in [0.1, 0.15) is 6.10 Å². The van der Waals surface area contributed by atoms with Crippen LogP contribution < -0.4 is 10.6 Å². The lowest BCUT2D eigenvalue weighted by molar-refractivity contribution is 0.0800. The highest BCUT2D eigenvalue weighted by atomic mass is 16.6. The molecule has 1 heterocycles. The first kappa shape index (κ1) is 10.7. The third-order valence-electron chi connectivity index (χ3n) is 3.20. The molecule has 1 atom stereocenters. The summed E-state index contributed by atoms with van der Waals surface area (Å²) < 4.78 is 5.34. The maximum Gasteiger partial charge on any atom is 0.407 e. The topological polar surface area (TPSA) is 50.4 Å². The average molecular weight is 212 g/mol. The van der Waals surface area contributed by atoms with Gasteiger partial charge in [-0.1, -0.05) is 12.8 Å². The third kappa shape index (κ3) is 3.38. The Morgan fingerprint density at radius 1 is 1.20 bits per heavy atom. The highest BCUT2D eigenvalue weighted by Gasteiger charge is 2.21. The lowest BCUT2D eigenvalue weighted by Crippen LogP contribution is -2.41. The van der Waals surface area contributed by atoms with E-state index < -0.39 is 0 Å². The number of piperidine rings is 1. The van der Waals surface area contributed by atoms with Crippen LogP contribution in [-0.4, -0.2) is 31.3 Å². The van der Waals surface area contributed by atoms with Gasteiger partial charge in [-0.3, -0.25) is 0 Å². The minimum atomic E-state index is -0.226. The van der Waals surface area contributed by atoms with E-state index in [0.717, 1.165) is 38.8 Å². The largest absolute Gasteiger partial charge is 0.445 e. The van der Waals surface area contributed by atoms with E-state index in [1.54, 1.807) is 0 Å². The van der Waals surface area contributed by atoms with E-state index in [1.807, 2.05) is 0 Å². The number of carbonyl (C=O) groups is 1. The Labute approximate surface area is 90.8 Å². The van der Waals surface area contributed by atoms with Gasteiger partial charge in [-0.25, -0.2) is 4.79 Å². The Bertz CT molecular complexity index is 209. The molecule has 0 aromatic carbocycles. The first-order chi connectivity index (χ1) is 7.34. The van der Waals surface area contributed by atoms with Crippen molar-refractivity contribution >= 4 is 6.09 Å². The molecule has 1 saturated heterocycles. The van der Waals surface area contributed by atoms with E-state index in [1.165, 1.54) is 12.8 Å². The lowest BCUT2D eigenvalue weighted by atomic mass is 10.1. The van der Waals surface area contributed by atoms with Crippen LogP contribution in [0.4, 0.5) is 4.79 Å². The van der Waals surface area contributed by atoms with Crippen molar-refractivity contribution in [2.75, 3.05) is 13.1 Å². The van der Waals surface area contributed by atoms with Crippen molar-refractivity contribution in [1.29, 1.82) is 0 Å². The molecule has 0 bridgehead atoms. The van der Waals surface area contributed by atoms with Gasteiger partial charge in [-0.05, 0) is 32.2 Å². The first-order valence-electron chi connectivity index (χ1n) is 6.02. The van der Waals surface area contributed by atoms with Crippen molar-refractivity contribution in [1.82, 2.24) is 10.6 Å². The molecule has 0 aromatic heterocycles. The van der Waals surface area contributed by atoms with Gasteiger partial charge in [0.2, 0.25) is 0 Å². The summed E-state index contributed by atoms with van der Waals surface area (Å²) in [5.41, 5.74) is 0. The number of alkyl carbamates (subject to hydrolysis) is 1. The highest BCUT2D eigenvalue weighted by molar-refractivity contribution is 5.67. The van der Waals surface area contributed by atoms with Crippen molar-refractivity contribution in [2.45, 2.75) is 50.7 Å². The number of rotatable bonds is 2. The molecule has 1 amide bonds. The molecule has 2 aliphatic rings. The van der Waals surface area contributed by atoms with Crippen LogP contribution in [0.15, 0.2) is 0 Å². The zero-order valence-electron chi connectivity index (χ0n) is 9.13. The first-order valence-corrected chi connectivity index (χ1v) is 6.02. The summed E-state index contributed by atoms with van der Waals surface area (Å²) in [6.07, 6.45) is 6.62. The normalized spacial score (nSPS) is 27.6. The zero-order valence-corrected chi connectivity index (χ0v) is 9.13. The molecule has 2 rings (SSSR count). The van der Waals surface area contributed by atoms with E-state index in [9.17, 15) is 4.79 Å². The minimum Gasteiger partial charge on any atom is -0.445 e. The SMILES string of the molecule is O=C(NC1CCCC1)O[C@H]1CCCNC1. The number of nitrogens with one attached hydrogen (secondary N) is 2. The standard InChI is InChI=1S/C11H20N2O2/c14-11(13-9-4-1-2-5-9)15-10-6-3-7-12-8-10/h9-10,12H,1-8H2,(H,13,14)/t10-/m0/s1. The fourth-order valence-electron chi connectivity index (χ4n) is 2.34.